The average molecular weight is 291 g/mol. The average Bonchev–Trinajstić information content (AvgIpc) is 2.55. The van der Waals surface area contributed by atoms with Crippen LogP contribution in [0.2, 0.25) is 0 Å². The molecule has 2 rings (SSSR count). The fraction of sp³-hybridized carbons (Fsp3) is 0.947. The van der Waals surface area contributed by atoms with Gasteiger partial charge in [-0.2, -0.15) is 5.26 Å². The monoisotopic (exact) mass is 291 g/mol. The Morgan fingerprint density at radius 2 is 1.52 bits per heavy atom. The maximum Gasteiger partial charge on any atom is 0.0655 e. The smallest absolute Gasteiger partial charge is 0.0655 e. The first-order chi connectivity index (χ1) is 10.3. The van der Waals surface area contributed by atoms with Crippen LogP contribution in [0, 0.1) is 35.0 Å². The van der Waals surface area contributed by atoms with E-state index in [0.717, 1.165) is 43.8 Å². The van der Waals surface area contributed by atoms with Gasteiger partial charge in [0.15, 0.2) is 0 Å². The normalized spacial score (nSPS) is 33.5. The molecule has 2 heteroatoms. The van der Waals surface area contributed by atoms with Gasteiger partial charge in [0.2, 0.25) is 0 Å². The number of unbranched alkanes of at least 4 members (excludes halogenated alkanes) is 2. The third-order valence-corrected chi connectivity index (χ3v) is 5.76. The second kappa shape index (κ2) is 9.46. The van der Waals surface area contributed by atoms with E-state index in [1.54, 1.807) is 0 Å². The lowest BCUT2D eigenvalue weighted by Crippen LogP contribution is -2.27. The molecule has 0 heterocycles. The Morgan fingerprint density at radius 3 is 2.10 bits per heavy atom. The lowest BCUT2D eigenvalue weighted by atomic mass is 9.69. The quantitative estimate of drug-likeness (QED) is 0.594. The molecule has 2 saturated carbocycles. The lowest BCUT2D eigenvalue weighted by Gasteiger charge is -2.36. The van der Waals surface area contributed by atoms with E-state index in [1.807, 2.05) is 0 Å². The molecule has 0 amide bonds. The molecule has 120 valence electrons. The summed E-state index contributed by atoms with van der Waals surface area (Å²) >= 11 is 0. The fourth-order valence-corrected chi connectivity index (χ4v) is 4.25. The number of hydrogen-bond acceptors (Lipinski definition) is 2. The van der Waals surface area contributed by atoms with Crippen LogP contribution in [-0.2, 0) is 4.74 Å². The van der Waals surface area contributed by atoms with Crippen LogP contribution in [0.3, 0.4) is 0 Å². The van der Waals surface area contributed by atoms with E-state index >= 15 is 0 Å². The maximum absolute atomic E-state index is 8.99. The van der Waals surface area contributed by atoms with Crippen molar-refractivity contribution in [3.05, 3.63) is 0 Å². The Balaban J connectivity index is 1.57. The highest BCUT2D eigenvalue weighted by atomic mass is 16.5. The molecule has 2 nitrogen and oxygen atoms in total. The van der Waals surface area contributed by atoms with Gasteiger partial charge in [0.1, 0.15) is 0 Å². The van der Waals surface area contributed by atoms with Crippen molar-refractivity contribution >= 4 is 0 Å². The molecule has 0 aliphatic heterocycles. The molecule has 0 bridgehead atoms. The zero-order valence-corrected chi connectivity index (χ0v) is 13.9. The largest absolute Gasteiger partial charge is 0.381 e. The number of rotatable bonds is 7. The van der Waals surface area contributed by atoms with Crippen molar-refractivity contribution in [1.82, 2.24) is 0 Å². The summed E-state index contributed by atoms with van der Waals surface area (Å²) < 4.78 is 5.85. The van der Waals surface area contributed by atoms with Gasteiger partial charge in [0, 0.05) is 19.1 Å². The molecule has 0 saturated heterocycles. The van der Waals surface area contributed by atoms with E-state index in [9.17, 15) is 0 Å². The van der Waals surface area contributed by atoms with Gasteiger partial charge in [-0.3, -0.25) is 0 Å². The van der Waals surface area contributed by atoms with E-state index in [4.69, 9.17) is 10.00 Å². The molecule has 0 radical (unpaired) electrons. The van der Waals surface area contributed by atoms with Crippen LogP contribution in [0.1, 0.15) is 77.6 Å². The molecule has 0 spiro atoms. The number of ether oxygens (including phenoxy) is 1. The zero-order valence-electron chi connectivity index (χ0n) is 13.9. The van der Waals surface area contributed by atoms with Crippen LogP contribution in [0.25, 0.3) is 0 Å². The van der Waals surface area contributed by atoms with Crippen molar-refractivity contribution < 1.29 is 4.74 Å². The van der Waals surface area contributed by atoms with Crippen molar-refractivity contribution in [2.24, 2.45) is 23.7 Å². The van der Waals surface area contributed by atoms with Gasteiger partial charge in [-0.05, 0) is 75.5 Å². The molecule has 21 heavy (non-hydrogen) atoms. The molecule has 0 N–H and O–H groups in total. The molecule has 0 unspecified atom stereocenters. The Kier molecular flexibility index (Phi) is 7.58. The molecule has 0 aromatic heterocycles. The summed E-state index contributed by atoms with van der Waals surface area (Å²) in [5, 5.41) is 8.99. The molecular formula is C19H33NO. The van der Waals surface area contributed by atoms with Crippen LogP contribution >= 0.6 is 0 Å². The van der Waals surface area contributed by atoms with Gasteiger partial charge < -0.3 is 4.74 Å². The number of hydrogen-bond donors (Lipinski definition) is 0. The second-order valence-electron chi connectivity index (χ2n) is 7.30. The summed E-state index contributed by atoms with van der Waals surface area (Å²) in [5.74, 6) is 3.04. The lowest BCUT2D eigenvalue weighted by molar-refractivity contribution is 0.0641. The summed E-state index contributed by atoms with van der Waals surface area (Å²) in [6, 6.07) is 2.46. The van der Waals surface area contributed by atoms with Gasteiger partial charge in [-0.1, -0.05) is 19.8 Å². The highest BCUT2D eigenvalue weighted by Crippen LogP contribution is 2.41. The summed E-state index contributed by atoms with van der Waals surface area (Å²) in [6.45, 7) is 4.20. The van der Waals surface area contributed by atoms with E-state index in [0.29, 0.717) is 5.92 Å². The first-order valence-electron chi connectivity index (χ1n) is 9.30. The van der Waals surface area contributed by atoms with Crippen LogP contribution in [0.15, 0.2) is 0 Å². The van der Waals surface area contributed by atoms with Gasteiger partial charge in [0.25, 0.3) is 0 Å². The molecule has 2 fully saturated rings. The molecule has 2 aliphatic carbocycles. The van der Waals surface area contributed by atoms with Gasteiger partial charge >= 0.3 is 0 Å². The second-order valence-corrected chi connectivity index (χ2v) is 7.30. The first kappa shape index (κ1) is 16.8. The summed E-state index contributed by atoms with van der Waals surface area (Å²) in [6.07, 6.45) is 14.3. The minimum atomic E-state index is 0.356. The zero-order chi connectivity index (χ0) is 14.9. The highest BCUT2D eigenvalue weighted by molar-refractivity contribution is 4.89. The van der Waals surface area contributed by atoms with Crippen LogP contribution < -0.4 is 0 Å². The van der Waals surface area contributed by atoms with Crippen LogP contribution in [-0.4, -0.2) is 13.2 Å². The molecule has 2 aliphatic rings. The van der Waals surface area contributed by atoms with E-state index < -0.39 is 0 Å². The van der Waals surface area contributed by atoms with Gasteiger partial charge in [-0.15, -0.1) is 0 Å². The Hall–Kier alpha value is -0.550. The SMILES string of the molecule is CCCCCOCC1CCC([C@H]2CC[C@H](C#N)CC2)CC1. The third kappa shape index (κ3) is 5.62. The minimum Gasteiger partial charge on any atom is -0.381 e. The predicted octanol–water partition coefficient (Wildman–Crippen LogP) is 5.33. The van der Waals surface area contributed by atoms with Crippen molar-refractivity contribution in [2.45, 2.75) is 77.6 Å². The Labute approximate surface area is 131 Å². The topological polar surface area (TPSA) is 33.0 Å². The first-order valence-corrected chi connectivity index (χ1v) is 9.30. The molecule has 0 aromatic carbocycles. The summed E-state index contributed by atoms with van der Waals surface area (Å²) in [7, 11) is 0. The van der Waals surface area contributed by atoms with Crippen LogP contribution in [0.4, 0.5) is 0 Å². The Morgan fingerprint density at radius 1 is 0.905 bits per heavy atom. The summed E-state index contributed by atoms with van der Waals surface area (Å²) in [5.41, 5.74) is 0. The van der Waals surface area contributed by atoms with Gasteiger partial charge in [-0.25, -0.2) is 0 Å². The van der Waals surface area contributed by atoms with Crippen LogP contribution in [0.5, 0.6) is 0 Å². The fourth-order valence-electron chi connectivity index (χ4n) is 4.25. The van der Waals surface area contributed by atoms with Gasteiger partial charge in [0.05, 0.1) is 6.07 Å². The third-order valence-electron chi connectivity index (χ3n) is 5.76. The number of nitriles is 1. The maximum atomic E-state index is 8.99. The van der Waals surface area contributed by atoms with Crippen molar-refractivity contribution in [3.63, 3.8) is 0 Å². The van der Waals surface area contributed by atoms with Crippen molar-refractivity contribution in [1.29, 1.82) is 5.26 Å². The molecule has 0 atom stereocenters. The number of nitrogens with zero attached hydrogens (tertiary/aromatic N) is 1. The highest BCUT2D eigenvalue weighted by Gasteiger charge is 2.30. The predicted molar refractivity (Wildman–Crippen MR) is 86.9 cm³/mol. The van der Waals surface area contributed by atoms with E-state index in [2.05, 4.69) is 13.0 Å². The van der Waals surface area contributed by atoms with Crippen molar-refractivity contribution in [3.8, 4) is 6.07 Å². The molecular weight excluding hydrogens is 258 g/mol. The van der Waals surface area contributed by atoms with E-state index in [1.165, 1.54) is 57.8 Å². The minimum absolute atomic E-state index is 0.356. The van der Waals surface area contributed by atoms with E-state index in [-0.39, 0.29) is 0 Å². The summed E-state index contributed by atoms with van der Waals surface area (Å²) in [4.78, 5) is 0. The Bertz CT molecular complexity index is 306. The molecule has 0 aromatic rings. The standard InChI is InChI=1S/C19H33NO/c1-2-3-4-13-21-15-17-7-11-19(12-8-17)18-9-5-16(14-20)6-10-18/h16-19H,2-13,15H2,1H3/t16-,17?,18-,19?. The van der Waals surface area contributed by atoms with Crippen molar-refractivity contribution in [2.75, 3.05) is 13.2 Å².